The molecule has 0 aliphatic carbocycles. The molecule has 0 amide bonds. The number of benzene rings is 2. The fourth-order valence-electron chi connectivity index (χ4n) is 2.28. The molecule has 0 aliphatic heterocycles. The summed E-state index contributed by atoms with van der Waals surface area (Å²) in [4.78, 5) is 0. The molecule has 0 heterocycles. The third kappa shape index (κ3) is 7.01. The predicted molar refractivity (Wildman–Crippen MR) is 107 cm³/mol. The van der Waals surface area contributed by atoms with Gasteiger partial charge in [0.2, 0.25) is 0 Å². The molecule has 0 unspecified atom stereocenters. The zero-order chi connectivity index (χ0) is 18.2. The second-order valence-electron chi connectivity index (χ2n) is 6.32. The predicted octanol–water partition coefficient (Wildman–Crippen LogP) is 4.75. The molecule has 0 saturated carbocycles. The second-order valence-corrected chi connectivity index (χ2v) is 6.72. The van der Waals surface area contributed by atoms with Crippen molar-refractivity contribution in [1.29, 1.82) is 0 Å². The van der Waals surface area contributed by atoms with Gasteiger partial charge < -0.3 is 20.1 Å². The Morgan fingerprint density at radius 3 is 2.16 bits per heavy atom. The minimum atomic E-state index is 0.140. The lowest BCUT2D eigenvalue weighted by Crippen LogP contribution is -2.27. The van der Waals surface area contributed by atoms with Gasteiger partial charge in [-0.25, -0.2) is 0 Å². The molecule has 2 aromatic rings. The topological polar surface area (TPSA) is 42.5 Å². The summed E-state index contributed by atoms with van der Waals surface area (Å²) in [7, 11) is 0. The van der Waals surface area contributed by atoms with E-state index in [1.165, 1.54) is 0 Å². The van der Waals surface area contributed by atoms with Gasteiger partial charge in [0.25, 0.3) is 0 Å². The molecule has 2 aromatic carbocycles. The third-order valence-corrected chi connectivity index (χ3v) is 3.43. The van der Waals surface area contributed by atoms with Crippen molar-refractivity contribution in [1.82, 2.24) is 5.32 Å². The molecule has 0 spiro atoms. The lowest BCUT2D eigenvalue weighted by molar-refractivity contribution is 0.242. The summed E-state index contributed by atoms with van der Waals surface area (Å²) in [5.41, 5.74) is 2.01. The second kappa shape index (κ2) is 9.28. The maximum absolute atomic E-state index is 5.71. The summed E-state index contributed by atoms with van der Waals surface area (Å²) < 4.78 is 11.4. The highest BCUT2D eigenvalue weighted by atomic mass is 32.1. The van der Waals surface area contributed by atoms with E-state index in [9.17, 15) is 0 Å². The summed E-state index contributed by atoms with van der Waals surface area (Å²) in [6, 6.07) is 15.8. The smallest absolute Gasteiger partial charge is 0.171 e. The van der Waals surface area contributed by atoms with Crippen molar-refractivity contribution in [3.63, 3.8) is 0 Å². The molecule has 4 nitrogen and oxygen atoms in total. The molecule has 0 aliphatic rings. The molecule has 0 atom stereocenters. The van der Waals surface area contributed by atoms with Gasteiger partial charge in [-0.2, -0.15) is 0 Å². The van der Waals surface area contributed by atoms with Crippen molar-refractivity contribution in [2.24, 2.45) is 0 Å². The van der Waals surface area contributed by atoms with E-state index in [1.54, 1.807) is 0 Å². The Kier molecular flexibility index (Phi) is 7.07. The van der Waals surface area contributed by atoms with E-state index in [0.717, 1.165) is 22.7 Å². The van der Waals surface area contributed by atoms with Crippen LogP contribution in [0.25, 0.3) is 0 Å². The van der Waals surface area contributed by atoms with Gasteiger partial charge in [0.15, 0.2) is 5.11 Å². The Hall–Kier alpha value is -2.27. The number of rotatable bonds is 7. The van der Waals surface area contributed by atoms with Gasteiger partial charge >= 0.3 is 0 Å². The number of ether oxygens (including phenoxy) is 2. The summed E-state index contributed by atoms with van der Waals surface area (Å²) in [6.45, 7) is 8.66. The summed E-state index contributed by atoms with van der Waals surface area (Å²) in [5.74, 6) is 1.69. The monoisotopic (exact) mass is 358 g/mol. The maximum atomic E-state index is 5.71. The third-order valence-electron chi connectivity index (χ3n) is 3.19. The standard InChI is InChI=1S/C20H26N2O2S/c1-14(2)23-18-9-5-7-16(11-18)13-21-20(25)22-17-8-6-10-19(12-17)24-15(3)4/h5-12,14-15H,13H2,1-4H3,(H2,21,22,25). The number of nitrogens with one attached hydrogen (secondary N) is 2. The van der Waals surface area contributed by atoms with Crippen molar-refractivity contribution in [2.45, 2.75) is 46.4 Å². The molecular weight excluding hydrogens is 332 g/mol. The van der Waals surface area contributed by atoms with Gasteiger partial charge in [0, 0.05) is 18.3 Å². The van der Waals surface area contributed by atoms with E-state index in [0.29, 0.717) is 11.7 Å². The van der Waals surface area contributed by atoms with Crippen LogP contribution in [0.3, 0.4) is 0 Å². The van der Waals surface area contributed by atoms with Crippen LogP contribution in [0.15, 0.2) is 48.5 Å². The first-order chi connectivity index (χ1) is 11.9. The molecule has 2 rings (SSSR count). The van der Waals surface area contributed by atoms with Crippen LogP contribution in [0.4, 0.5) is 5.69 Å². The number of thiocarbonyl (C=S) groups is 1. The Morgan fingerprint density at radius 2 is 1.52 bits per heavy atom. The highest BCUT2D eigenvalue weighted by Crippen LogP contribution is 2.19. The number of hydrogen-bond donors (Lipinski definition) is 2. The molecule has 0 aromatic heterocycles. The number of anilines is 1. The van der Waals surface area contributed by atoms with E-state index in [1.807, 2.05) is 76.2 Å². The lowest BCUT2D eigenvalue weighted by Gasteiger charge is -2.14. The largest absolute Gasteiger partial charge is 0.491 e. The Bertz CT molecular complexity index is 702. The molecular formula is C20H26N2O2S. The first-order valence-electron chi connectivity index (χ1n) is 8.49. The molecule has 2 N–H and O–H groups in total. The fourth-order valence-corrected chi connectivity index (χ4v) is 2.47. The van der Waals surface area contributed by atoms with Crippen LogP contribution in [0, 0.1) is 0 Å². The Morgan fingerprint density at radius 1 is 0.920 bits per heavy atom. The molecule has 0 radical (unpaired) electrons. The van der Waals surface area contributed by atoms with Crippen LogP contribution in [0.5, 0.6) is 11.5 Å². The van der Waals surface area contributed by atoms with Crippen LogP contribution in [0.2, 0.25) is 0 Å². The normalized spacial score (nSPS) is 10.6. The van der Waals surface area contributed by atoms with Crippen LogP contribution < -0.4 is 20.1 Å². The fraction of sp³-hybridized carbons (Fsp3) is 0.350. The molecule has 0 bridgehead atoms. The van der Waals surface area contributed by atoms with E-state index >= 15 is 0 Å². The summed E-state index contributed by atoms with van der Waals surface area (Å²) >= 11 is 5.37. The van der Waals surface area contributed by atoms with E-state index in [-0.39, 0.29) is 12.2 Å². The first kappa shape index (κ1) is 19.1. The maximum Gasteiger partial charge on any atom is 0.171 e. The quantitative estimate of drug-likeness (QED) is 0.699. The minimum absolute atomic E-state index is 0.140. The average molecular weight is 359 g/mol. The van der Waals surface area contributed by atoms with Gasteiger partial charge in [-0.15, -0.1) is 0 Å². The van der Waals surface area contributed by atoms with E-state index in [4.69, 9.17) is 21.7 Å². The molecule has 0 saturated heterocycles. The van der Waals surface area contributed by atoms with Gasteiger partial charge in [-0.1, -0.05) is 18.2 Å². The highest BCUT2D eigenvalue weighted by Gasteiger charge is 2.03. The minimum Gasteiger partial charge on any atom is -0.491 e. The van der Waals surface area contributed by atoms with Crippen LogP contribution in [-0.2, 0) is 6.54 Å². The van der Waals surface area contributed by atoms with E-state index < -0.39 is 0 Å². The van der Waals surface area contributed by atoms with Crippen molar-refractivity contribution in [3.05, 3.63) is 54.1 Å². The highest BCUT2D eigenvalue weighted by molar-refractivity contribution is 7.80. The van der Waals surface area contributed by atoms with Crippen LogP contribution in [-0.4, -0.2) is 17.3 Å². The summed E-state index contributed by atoms with van der Waals surface area (Å²) in [6.07, 6.45) is 0.298. The van der Waals surface area contributed by atoms with Crippen molar-refractivity contribution in [2.75, 3.05) is 5.32 Å². The van der Waals surface area contributed by atoms with Crippen molar-refractivity contribution >= 4 is 23.0 Å². The van der Waals surface area contributed by atoms with Crippen LogP contribution >= 0.6 is 12.2 Å². The van der Waals surface area contributed by atoms with Gasteiger partial charge in [-0.3, -0.25) is 0 Å². The van der Waals surface area contributed by atoms with Crippen LogP contribution in [0.1, 0.15) is 33.3 Å². The SMILES string of the molecule is CC(C)Oc1cccc(CNC(=S)Nc2cccc(OC(C)C)c2)c1. The van der Waals surface area contributed by atoms with Gasteiger partial charge in [0.05, 0.1) is 12.2 Å². The van der Waals surface area contributed by atoms with Crippen molar-refractivity contribution in [3.8, 4) is 11.5 Å². The first-order valence-corrected chi connectivity index (χ1v) is 8.90. The Labute approximate surface area is 155 Å². The number of hydrogen-bond acceptors (Lipinski definition) is 3. The average Bonchev–Trinajstić information content (AvgIpc) is 2.52. The summed E-state index contributed by atoms with van der Waals surface area (Å²) in [5, 5.41) is 6.96. The lowest BCUT2D eigenvalue weighted by atomic mass is 10.2. The zero-order valence-corrected chi connectivity index (χ0v) is 16.0. The molecule has 0 fully saturated rings. The molecule has 134 valence electrons. The Balaban J connectivity index is 1.88. The van der Waals surface area contributed by atoms with E-state index in [2.05, 4.69) is 10.6 Å². The van der Waals surface area contributed by atoms with Gasteiger partial charge in [-0.05, 0) is 69.7 Å². The zero-order valence-electron chi connectivity index (χ0n) is 15.2. The molecule has 5 heteroatoms. The van der Waals surface area contributed by atoms with Crippen molar-refractivity contribution < 1.29 is 9.47 Å². The van der Waals surface area contributed by atoms with Gasteiger partial charge in [0.1, 0.15) is 11.5 Å². The molecule has 25 heavy (non-hydrogen) atoms.